The average molecular weight is 274 g/mol. The average Bonchev–Trinajstić information content (AvgIpc) is 2.89. The van der Waals surface area contributed by atoms with E-state index in [9.17, 15) is 4.79 Å². The summed E-state index contributed by atoms with van der Waals surface area (Å²) >= 11 is 0. The van der Waals surface area contributed by atoms with Gasteiger partial charge in [-0.25, -0.2) is 4.79 Å². The predicted molar refractivity (Wildman–Crippen MR) is 76.8 cm³/mol. The van der Waals surface area contributed by atoms with Crippen LogP contribution in [0.3, 0.4) is 0 Å². The zero-order chi connectivity index (χ0) is 14.4. The molecule has 2 rings (SSSR count). The second-order valence-corrected chi connectivity index (χ2v) is 4.61. The van der Waals surface area contributed by atoms with Crippen molar-refractivity contribution in [3.63, 3.8) is 0 Å². The molecule has 0 saturated heterocycles. The number of benzene rings is 1. The Bertz CT molecular complexity index is 543. The van der Waals surface area contributed by atoms with Gasteiger partial charge in [-0.3, -0.25) is 0 Å². The van der Waals surface area contributed by atoms with Crippen molar-refractivity contribution in [1.82, 2.24) is 0 Å². The molecule has 106 valence electrons. The van der Waals surface area contributed by atoms with E-state index in [1.165, 1.54) is 6.08 Å². The molecule has 0 spiro atoms. The van der Waals surface area contributed by atoms with Gasteiger partial charge in [-0.05, 0) is 36.1 Å². The van der Waals surface area contributed by atoms with Gasteiger partial charge in [0.15, 0.2) is 11.5 Å². The smallest absolute Gasteiger partial charge is 0.328 e. The standard InChI is InChI=1S/C16H18O4/c1-2-3-4-12(6-8-16(17)18)9-13-5-7-14-15(10-13)20-11-19-14/h5-10H,2-4,11H2,1H3,(H,17,18). The number of allylic oxidation sites excluding steroid dienone is 2. The Morgan fingerprint density at radius 2 is 2.10 bits per heavy atom. The first-order valence-electron chi connectivity index (χ1n) is 6.70. The van der Waals surface area contributed by atoms with Crippen LogP contribution in [0.5, 0.6) is 11.5 Å². The van der Waals surface area contributed by atoms with Gasteiger partial charge in [0.2, 0.25) is 6.79 Å². The summed E-state index contributed by atoms with van der Waals surface area (Å²) in [5.41, 5.74) is 1.98. The van der Waals surface area contributed by atoms with Crippen molar-refractivity contribution in [2.45, 2.75) is 26.2 Å². The largest absolute Gasteiger partial charge is 0.478 e. The van der Waals surface area contributed by atoms with Gasteiger partial charge in [0.25, 0.3) is 0 Å². The van der Waals surface area contributed by atoms with Crippen molar-refractivity contribution in [1.29, 1.82) is 0 Å². The number of fused-ring (bicyclic) bond motifs is 1. The zero-order valence-corrected chi connectivity index (χ0v) is 11.5. The maximum absolute atomic E-state index is 10.6. The number of carbonyl (C=O) groups is 1. The maximum atomic E-state index is 10.6. The molecule has 0 amide bonds. The van der Waals surface area contributed by atoms with Crippen molar-refractivity contribution >= 4 is 12.0 Å². The summed E-state index contributed by atoms with van der Waals surface area (Å²) in [5, 5.41) is 8.73. The van der Waals surface area contributed by atoms with Crippen molar-refractivity contribution in [3.05, 3.63) is 41.5 Å². The van der Waals surface area contributed by atoms with Gasteiger partial charge < -0.3 is 14.6 Å². The van der Waals surface area contributed by atoms with E-state index in [0.29, 0.717) is 0 Å². The fourth-order valence-corrected chi connectivity index (χ4v) is 1.98. The highest BCUT2D eigenvalue weighted by Crippen LogP contribution is 2.33. The molecule has 0 saturated carbocycles. The number of hydrogen-bond acceptors (Lipinski definition) is 3. The monoisotopic (exact) mass is 274 g/mol. The minimum absolute atomic E-state index is 0.254. The summed E-state index contributed by atoms with van der Waals surface area (Å²) in [4.78, 5) is 10.6. The highest BCUT2D eigenvalue weighted by Gasteiger charge is 2.12. The van der Waals surface area contributed by atoms with Crippen molar-refractivity contribution in [2.24, 2.45) is 0 Å². The number of aliphatic carboxylic acids is 1. The maximum Gasteiger partial charge on any atom is 0.328 e. The van der Waals surface area contributed by atoms with Crippen molar-refractivity contribution < 1.29 is 19.4 Å². The van der Waals surface area contributed by atoms with Crippen LogP contribution in [0.25, 0.3) is 6.08 Å². The van der Waals surface area contributed by atoms with Gasteiger partial charge in [-0.2, -0.15) is 0 Å². The predicted octanol–water partition coefficient (Wildman–Crippen LogP) is 3.63. The number of carboxylic acids is 1. The molecule has 1 aromatic rings. The molecule has 1 heterocycles. The van der Waals surface area contributed by atoms with Crippen molar-refractivity contribution in [2.75, 3.05) is 6.79 Å². The molecule has 0 aromatic heterocycles. The van der Waals surface area contributed by atoms with E-state index in [-0.39, 0.29) is 6.79 Å². The summed E-state index contributed by atoms with van der Waals surface area (Å²) in [6.07, 6.45) is 7.77. The molecule has 1 aliphatic heterocycles. The van der Waals surface area contributed by atoms with E-state index >= 15 is 0 Å². The topological polar surface area (TPSA) is 55.8 Å². The Morgan fingerprint density at radius 3 is 2.85 bits per heavy atom. The van der Waals surface area contributed by atoms with E-state index in [1.807, 2.05) is 24.3 Å². The molecule has 0 atom stereocenters. The highest BCUT2D eigenvalue weighted by molar-refractivity contribution is 5.80. The van der Waals surface area contributed by atoms with E-state index in [4.69, 9.17) is 14.6 Å². The third-order valence-corrected chi connectivity index (χ3v) is 3.01. The Labute approximate surface area is 118 Å². The molecular weight excluding hydrogens is 256 g/mol. The van der Waals surface area contributed by atoms with Crippen LogP contribution >= 0.6 is 0 Å². The normalized spacial score (nSPS) is 13.9. The molecule has 4 heteroatoms. The fourth-order valence-electron chi connectivity index (χ4n) is 1.98. The molecule has 0 aliphatic carbocycles. The van der Waals surface area contributed by atoms with Crippen LogP contribution in [0.4, 0.5) is 0 Å². The quantitative estimate of drug-likeness (QED) is 0.635. The summed E-state index contributed by atoms with van der Waals surface area (Å²) < 4.78 is 10.6. The minimum Gasteiger partial charge on any atom is -0.478 e. The molecule has 1 aliphatic rings. The lowest BCUT2D eigenvalue weighted by atomic mass is 10.0. The van der Waals surface area contributed by atoms with Gasteiger partial charge in [0.1, 0.15) is 0 Å². The fraction of sp³-hybridized carbons (Fsp3) is 0.312. The summed E-state index contributed by atoms with van der Waals surface area (Å²) in [7, 11) is 0. The Kier molecular flexibility index (Phi) is 4.82. The number of carboxylic acid groups (broad SMARTS) is 1. The Hall–Kier alpha value is -2.23. The lowest BCUT2D eigenvalue weighted by Gasteiger charge is -2.03. The molecule has 1 N–H and O–H groups in total. The molecule has 0 bridgehead atoms. The Balaban J connectivity index is 2.20. The molecule has 0 unspecified atom stereocenters. The number of unbranched alkanes of at least 4 members (excludes halogenated alkanes) is 1. The molecule has 20 heavy (non-hydrogen) atoms. The van der Waals surface area contributed by atoms with Crippen LogP contribution in [0.15, 0.2) is 35.9 Å². The number of hydrogen-bond donors (Lipinski definition) is 1. The molecule has 1 aromatic carbocycles. The van der Waals surface area contributed by atoms with Crippen LogP contribution in [-0.4, -0.2) is 17.9 Å². The summed E-state index contributed by atoms with van der Waals surface area (Å²) in [6, 6.07) is 5.71. The van der Waals surface area contributed by atoms with E-state index < -0.39 is 5.97 Å². The third kappa shape index (κ3) is 3.88. The second kappa shape index (κ2) is 6.80. The minimum atomic E-state index is -0.932. The van der Waals surface area contributed by atoms with Gasteiger partial charge in [-0.1, -0.05) is 31.6 Å². The first-order chi connectivity index (χ1) is 9.69. The molecule has 0 fully saturated rings. The van der Waals surface area contributed by atoms with Gasteiger partial charge >= 0.3 is 5.97 Å². The first-order valence-corrected chi connectivity index (χ1v) is 6.70. The second-order valence-electron chi connectivity index (χ2n) is 4.61. The molecular formula is C16H18O4. The van der Waals surface area contributed by atoms with E-state index in [2.05, 4.69) is 6.92 Å². The number of rotatable bonds is 6. The van der Waals surface area contributed by atoms with Gasteiger partial charge in [0.05, 0.1) is 0 Å². The summed E-state index contributed by atoms with van der Waals surface area (Å²) in [5.74, 6) is 0.548. The van der Waals surface area contributed by atoms with Crippen LogP contribution in [0.1, 0.15) is 31.7 Å². The third-order valence-electron chi connectivity index (χ3n) is 3.01. The first kappa shape index (κ1) is 14.2. The van der Waals surface area contributed by atoms with E-state index in [0.717, 1.165) is 41.9 Å². The van der Waals surface area contributed by atoms with Crippen LogP contribution < -0.4 is 9.47 Å². The van der Waals surface area contributed by atoms with E-state index in [1.54, 1.807) is 6.08 Å². The van der Waals surface area contributed by atoms with Crippen LogP contribution in [0, 0.1) is 0 Å². The van der Waals surface area contributed by atoms with Crippen molar-refractivity contribution in [3.8, 4) is 11.5 Å². The van der Waals surface area contributed by atoms with Crippen LogP contribution in [0.2, 0.25) is 0 Å². The highest BCUT2D eigenvalue weighted by atomic mass is 16.7. The SMILES string of the molecule is CCCCC(C=CC(=O)O)=Cc1ccc2c(c1)OCO2. The Morgan fingerprint density at radius 1 is 1.30 bits per heavy atom. The molecule has 4 nitrogen and oxygen atoms in total. The zero-order valence-electron chi connectivity index (χ0n) is 11.5. The lowest BCUT2D eigenvalue weighted by molar-refractivity contribution is -0.131. The van der Waals surface area contributed by atoms with Gasteiger partial charge in [0, 0.05) is 6.08 Å². The lowest BCUT2D eigenvalue weighted by Crippen LogP contribution is -1.92. The van der Waals surface area contributed by atoms with Crippen LogP contribution in [-0.2, 0) is 4.79 Å². The van der Waals surface area contributed by atoms with Gasteiger partial charge in [-0.15, -0.1) is 0 Å². The number of ether oxygens (including phenoxy) is 2. The summed E-state index contributed by atoms with van der Waals surface area (Å²) in [6.45, 7) is 2.36. The molecule has 0 radical (unpaired) electrons.